The lowest BCUT2D eigenvalue weighted by atomic mass is 9.78. The summed E-state index contributed by atoms with van der Waals surface area (Å²) < 4.78 is 0. The monoisotopic (exact) mass is 253 g/mol. The molecular weight excluding hydrogens is 216 g/mol. The molecule has 1 radical (unpaired) electrons. The van der Waals surface area contributed by atoms with Gasteiger partial charge in [-0.3, -0.25) is 0 Å². The highest BCUT2D eigenvalue weighted by molar-refractivity contribution is 4.79. The van der Waals surface area contributed by atoms with E-state index in [0.29, 0.717) is 5.41 Å². The van der Waals surface area contributed by atoms with Gasteiger partial charge in [0.1, 0.15) is 0 Å². The smallest absolute Gasteiger partial charge is 0.0323 e. The molecule has 0 bridgehead atoms. The van der Waals surface area contributed by atoms with Gasteiger partial charge in [0.05, 0.1) is 0 Å². The molecule has 0 fully saturated rings. The Morgan fingerprint density at radius 2 is 1.44 bits per heavy atom. The van der Waals surface area contributed by atoms with Gasteiger partial charge in [0.2, 0.25) is 0 Å². The van der Waals surface area contributed by atoms with E-state index in [0.717, 1.165) is 5.92 Å². The third-order valence-electron chi connectivity index (χ3n) is 4.03. The van der Waals surface area contributed by atoms with Crippen LogP contribution in [0, 0.1) is 18.3 Å². The molecule has 0 aromatic rings. The summed E-state index contributed by atoms with van der Waals surface area (Å²) in [6.45, 7) is 13.8. The maximum absolute atomic E-state index is 4.46. The molecule has 18 heavy (non-hydrogen) atoms. The molecule has 0 saturated heterocycles. The highest BCUT2D eigenvalue weighted by Crippen LogP contribution is 2.32. The summed E-state index contributed by atoms with van der Waals surface area (Å²) in [6.07, 6.45) is 15.1. The van der Waals surface area contributed by atoms with Gasteiger partial charge in [0.15, 0.2) is 0 Å². The number of hydrogen-bond donors (Lipinski definition) is 0. The fraction of sp³-hybridized carbons (Fsp3) is 0.944. The lowest BCUT2D eigenvalue weighted by Gasteiger charge is -2.28. The fourth-order valence-electron chi connectivity index (χ4n) is 2.94. The van der Waals surface area contributed by atoms with Crippen LogP contribution in [0.15, 0.2) is 0 Å². The van der Waals surface area contributed by atoms with Crippen LogP contribution in [0.2, 0.25) is 0 Å². The Morgan fingerprint density at radius 3 is 2.06 bits per heavy atom. The molecular formula is C18H37. The van der Waals surface area contributed by atoms with Crippen LogP contribution in [0.4, 0.5) is 0 Å². The van der Waals surface area contributed by atoms with E-state index in [-0.39, 0.29) is 0 Å². The zero-order valence-electron chi connectivity index (χ0n) is 13.6. The standard InChI is InChI=1S/C18H37/c1-6-8-10-11-13-15-18(4,5)16-17(3)14-12-9-7-2/h17H,4,6-16H2,1-3,5H3. The van der Waals surface area contributed by atoms with Gasteiger partial charge in [-0.25, -0.2) is 0 Å². The summed E-state index contributed by atoms with van der Waals surface area (Å²) in [7, 11) is 0. The van der Waals surface area contributed by atoms with Gasteiger partial charge in [0.25, 0.3) is 0 Å². The van der Waals surface area contributed by atoms with Crippen LogP contribution >= 0.6 is 0 Å². The zero-order valence-corrected chi connectivity index (χ0v) is 13.6. The van der Waals surface area contributed by atoms with Crippen molar-refractivity contribution in [3.05, 3.63) is 6.92 Å². The largest absolute Gasteiger partial charge is 0.0654 e. The summed E-state index contributed by atoms with van der Waals surface area (Å²) in [4.78, 5) is 0. The summed E-state index contributed by atoms with van der Waals surface area (Å²) in [5.74, 6) is 0.856. The molecule has 0 saturated carbocycles. The SMILES string of the molecule is [CH2]C(C)(CCCCCCC)CC(C)CCCCC. The van der Waals surface area contributed by atoms with Crippen molar-refractivity contribution in [2.75, 3.05) is 0 Å². The Labute approximate surface area is 117 Å². The van der Waals surface area contributed by atoms with E-state index in [1.54, 1.807) is 0 Å². The molecule has 0 spiro atoms. The number of rotatable bonds is 12. The van der Waals surface area contributed by atoms with Crippen LogP contribution in [0.1, 0.15) is 98.3 Å². The molecule has 0 amide bonds. The van der Waals surface area contributed by atoms with Gasteiger partial charge in [0, 0.05) is 0 Å². The van der Waals surface area contributed by atoms with Gasteiger partial charge in [-0.05, 0) is 31.1 Å². The minimum atomic E-state index is 0.317. The van der Waals surface area contributed by atoms with Crippen molar-refractivity contribution in [3.8, 4) is 0 Å². The minimum absolute atomic E-state index is 0.317. The third-order valence-corrected chi connectivity index (χ3v) is 4.03. The molecule has 0 aliphatic carbocycles. The van der Waals surface area contributed by atoms with Crippen molar-refractivity contribution >= 4 is 0 Å². The summed E-state index contributed by atoms with van der Waals surface area (Å²) in [6, 6.07) is 0. The molecule has 0 nitrogen and oxygen atoms in total. The Kier molecular flexibility index (Phi) is 10.9. The van der Waals surface area contributed by atoms with Crippen molar-refractivity contribution < 1.29 is 0 Å². The first kappa shape index (κ1) is 18.0. The van der Waals surface area contributed by atoms with Gasteiger partial charge < -0.3 is 0 Å². The average molecular weight is 253 g/mol. The molecule has 0 heterocycles. The summed E-state index contributed by atoms with van der Waals surface area (Å²) >= 11 is 0. The van der Waals surface area contributed by atoms with Crippen LogP contribution in [-0.4, -0.2) is 0 Å². The van der Waals surface area contributed by atoms with Crippen LogP contribution in [0.5, 0.6) is 0 Å². The average Bonchev–Trinajstić information content (AvgIpc) is 2.28. The van der Waals surface area contributed by atoms with Crippen molar-refractivity contribution in [3.63, 3.8) is 0 Å². The number of unbranched alkanes of at least 4 members (excludes halogenated alkanes) is 6. The Bertz CT molecular complexity index is 169. The lowest BCUT2D eigenvalue weighted by Crippen LogP contribution is -2.16. The summed E-state index contributed by atoms with van der Waals surface area (Å²) in [5, 5.41) is 0. The molecule has 2 unspecified atom stereocenters. The van der Waals surface area contributed by atoms with Gasteiger partial charge >= 0.3 is 0 Å². The second-order valence-electron chi connectivity index (χ2n) is 6.78. The maximum Gasteiger partial charge on any atom is -0.0323 e. The van der Waals surface area contributed by atoms with Crippen molar-refractivity contribution in [1.29, 1.82) is 0 Å². The topological polar surface area (TPSA) is 0 Å². The molecule has 0 aliphatic rings. The van der Waals surface area contributed by atoms with E-state index in [9.17, 15) is 0 Å². The Balaban J connectivity index is 3.63. The minimum Gasteiger partial charge on any atom is -0.0654 e. The van der Waals surface area contributed by atoms with Crippen molar-refractivity contribution in [2.45, 2.75) is 98.3 Å². The van der Waals surface area contributed by atoms with Crippen LogP contribution in [-0.2, 0) is 0 Å². The lowest BCUT2D eigenvalue weighted by molar-refractivity contribution is 0.272. The highest BCUT2D eigenvalue weighted by Gasteiger charge is 2.20. The first-order valence-electron chi connectivity index (χ1n) is 8.37. The molecule has 0 aromatic heterocycles. The molecule has 0 rings (SSSR count). The van der Waals surface area contributed by atoms with E-state index >= 15 is 0 Å². The van der Waals surface area contributed by atoms with E-state index in [1.807, 2.05) is 0 Å². The fourth-order valence-corrected chi connectivity index (χ4v) is 2.94. The summed E-state index contributed by atoms with van der Waals surface area (Å²) in [5.41, 5.74) is 0.317. The van der Waals surface area contributed by atoms with E-state index < -0.39 is 0 Å². The first-order valence-corrected chi connectivity index (χ1v) is 8.37. The van der Waals surface area contributed by atoms with Crippen molar-refractivity contribution in [1.82, 2.24) is 0 Å². The van der Waals surface area contributed by atoms with Crippen LogP contribution in [0.25, 0.3) is 0 Å². The van der Waals surface area contributed by atoms with Gasteiger partial charge in [-0.1, -0.05) is 85.5 Å². The van der Waals surface area contributed by atoms with E-state index in [1.165, 1.54) is 70.6 Å². The third kappa shape index (κ3) is 11.1. The quantitative estimate of drug-likeness (QED) is 0.336. The van der Waals surface area contributed by atoms with Crippen molar-refractivity contribution in [2.24, 2.45) is 11.3 Å². The normalized spacial score (nSPS) is 13.8. The highest BCUT2D eigenvalue weighted by atomic mass is 14.3. The second-order valence-corrected chi connectivity index (χ2v) is 6.78. The van der Waals surface area contributed by atoms with E-state index in [4.69, 9.17) is 0 Å². The zero-order chi connectivity index (χ0) is 13.9. The molecule has 109 valence electrons. The van der Waals surface area contributed by atoms with E-state index in [2.05, 4.69) is 34.6 Å². The Hall–Kier alpha value is 0. The van der Waals surface area contributed by atoms with Gasteiger partial charge in [-0.15, -0.1) is 0 Å². The molecule has 0 aromatic carbocycles. The Morgan fingerprint density at radius 1 is 0.889 bits per heavy atom. The maximum atomic E-state index is 4.46. The first-order chi connectivity index (χ1) is 8.52. The van der Waals surface area contributed by atoms with Crippen LogP contribution < -0.4 is 0 Å². The predicted octanol–water partition coefficient (Wildman–Crippen LogP) is 6.79. The molecule has 0 N–H and O–H groups in total. The van der Waals surface area contributed by atoms with Crippen LogP contribution in [0.3, 0.4) is 0 Å². The molecule has 2 atom stereocenters. The second kappa shape index (κ2) is 10.9. The predicted molar refractivity (Wildman–Crippen MR) is 84.8 cm³/mol. The van der Waals surface area contributed by atoms with Gasteiger partial charge in [-0.2, -0.15) is 0 Å². The molecule has 0 aliphatic heterocycles. The number of hydrogen-bond acceptors (Lipinski definition) is 0. The molecule has 0 heteroatoms.